The molecule has 1 aliphatic rings. The van der Waals surface area contributed by atoms with Crippen LogP contribution in [0, 0.1) is 13.8 Å². The van der Waals surface area contributed by atoms with Gasteiger partial charge in [0.2, 0.25) is 0 Å². The first kappa shape index (κ1) is 19.4. The summed E-state index contributed by atoms with van der Waals surface area (Å²) in [6, 6.07) is 11.7. The Balaban J connectivity index is 1.71. The number of piperidine rings is 1. The maximum atomic E-state index is 12.6. The molecule has 0 aromatic heterocycles. The zero-order valence-electron chi connectivity index (χ0n) is 15.6. The van der Waals surface area contributed by atoms with Crippen LogP contribution in [0.2, 0.25) is 0 Å². The number of likely N-dealkylation sites (tertiary alicyclic amines) is 1. The monoisotopic (exact) mass is 387 g/mol. The fourth-order valence-corrected chi connectivity index (χ4v) is 4.20. The standard InChI is InChI=1S/C20H25N3O3S/c1-14-3-8-19(13-15(14)2)27(25,26)22-18-6-4-16(5-7-18)20(24)23-11-9-17(21)10-12-23/h3-8,13,17,22H,9-12,21H2,1-2H3. The van der Waals surface area contributed by atoms with Gasteiger partial charge in [-0.2, -0.15) is 0 Å². The molecule has 0 spiro atoms. The lowest BCUT2D eigenvalue weighted by Crippen LogP contribution is -2.42. The average molecular weight is 388 g/mol. The van der Waals surface area contributed by atoms with Crippen LogP contribution < -0.4 is 10.5 Å². The second-order valence-electron chi connectivity index (χ2n) is 7.06. The SMILES string of the molecule is Cc1ccc(S(=O)(=O)Nc2ccc(C(=O)N3CCC(N)CC3)cc2)cc1C. The van der Waals surface area contributed by atoms with Gasteiger partial charge in [-0.05, 0) is 74.2 Å². The molecular formula is C20H25N3O3S. The molecule has 0 radical (unpaired) electrons. The Morgan fingerprint density at radius 1 is 1.04 bits per heavy atom. The van der Waals surface area contributed by atoms with Crippen LogP contribution in [0.5, 0.6) is 0 Å². The second kappa shape index (κ2) is 7.70. The summed E-state index contributed by atoms with van der Waals surface area (Å²) in [5.41, 5.74) is 8.79. The average Bonchev–Trinajstić information content (AvgIpc) is 2.64. The van der Waals surface area contributed by atoms with Crippen molar-refractivity contribution < 1.29 is 13.2 Å². The summed E-state index contributed by atoms with van der Waals surface area (Å²) in [4.78, 5) is 14.5. The van der Waals surface area contributed by atoms with E-state index in [1.807, 2.05) is 13.8 Å². The molecule has 144 valence electrons. The van der Waals surface area contributed by atoms with Crippen molar-refractivity contribution in [2.45, 2.75) is 37.6 Å². The van der Waals surface area contributed by atoms with Gasteiger partial charge in [0.05, 0.1) is 4.90 Å². The highest BCUT2D eigenvalue weighted by Crippen LogP contribution is 2.20. The minimum Gasteiger partial charge on any atom is -0.339 e. The number of benzene rings is 2. The van der Waals surface area contributed by atoms with Gasteiger partial charge in [-0.1, -0.05) is 6.07 Å². The highest BCUT2D eigenvalue weighted by atomic mass is 32.2. The second-order valence-corrected chi connectivity index (χ2v) is 8.74. The van der Waals surface area contributed by atoms with E-state index in [4.69, 9.17) is 5.73 Å². The van der Waals surface area contributed by atoms with Gasteiger partial charge < -0.3 is 10.6 Å². The number of carbonyl (C=O) groups is 1. The Labute approximate surface area is 160 Å². The maximum Gasteiger partial charge on any atom is 0.261 e. The Bertz CT molecular complexity index is 931. The van der Waals surface area contributed by atoms with E-state index in [9.17, 15) is 13.2 Å². The molecule has 0 aliphatic carbocycles. The predicted octanol–water partition coefficient (Wildman–Crippen LogP) is 2.67. The molecule has 1 aliphatic heterocycles. The lowest BCUT2D eigenvalue weighted by atomic mass is 10.0. The quantitative estimate of drug-likeness (QED) is 0.844. The van der Waals surface area contributed by atoms with Gasteiger partial charge in [-0.3, -0.25) is 9.52 Å². The topological polar surface area (TPSA) is 92.5 Å². The third kappa shape index (κ3) is 4.48. The van der Waals surface area contributed by atoms with Crippen molar-refractivity contribution in [3.63, 3.8) is 0 Å². The Hall–Kier alpha value is -2.38. The summed E-state index contributed by atoms with van der Waals surface area (Å²) in [7, 11) is -3.67. The fraction of sp³-hybridized carbons (Fsp3) is 0.350. The van der Waals surface area contributed by atoms with Crippen molar-refractivity contribution in [1.29, 1.82) is 0 Å². The Morgan fingerprint density at radius 3 is 2.26 bits per heavy atom. The molecule has 1 heterocycles. The van der Waals surface area contributed by atoms with Crippen molar-refractivity contribution in [2.75, 3.05) is 17.8 Å². The molecule has 3 rings (SSSR count). The van der Waals surface area contributed by atoms with Crippen LogP contribution in [0.25, 0.3) is 0 Å². The molecule has 0 unspecified atom stereocenters. The smallest absolute Gasteiger partial charge is 0.261 e. The van der Waals surface area contributed by atoms with Crippen molar-refractivity contribution in [1.82, 2.24) is 4.90 Å². The van der Waals surface area contributed by atoms with E-state index < -0.39 is 10.0 Å². The first-order chi connectivity index (χ1) is 12.8. The minimum atomic E-state index is -3.67. The minimum absolute atomic E-state index is 0.0505. The molecule has 0 bridgehead atoms. The van der Waals surface area contributed by atoms with Gasteiger partial charge in [0, 0.05) is 30.4 Å². The van der Waals surface area contributed by atoms with E-state index in [0.29, 0.717) is 24.3 Å². The first-order valence-electron chi connectivity index (χ1n) is 9.01. The number of nitrogens with two attached hydrogens (primary N) is 1. The van der Waals surface area contributed by atoms with Crippen molar-refractivity contribution in [3.8, 4) is 0 Å². The molecule has 1 amide bonds. The van der Waals surface area contributed by atoms with Crippen LogP contribution in [0.3, 0.4) is 0 Å². The summed E-state index contributed by atoms with van der Waals surface area (Å²) in [6.45, 7) is 5.12. The summed E-state index contributed by atoms with van der Waals surface area (Å²) < 4.78 is 27.7. The molecule has 1 fully saturated rings. The lowest BCUT2D eigenvalue weighted by molar-refractivity contribution is 0.0715. The molecule has 2 aromatic carbocycles. The van der Waals surface area contributed by atoms with Gasteiger partial charge in [-0.25, -0.2) is 8.42 Å². The first-order valence-corrected chi connectivity index (χ1v) is 10.5. The number of amides is 1. The molecule has 7 heteroatoms. The zero-order chi connectivity index (χ0) is 19.6. The lowest BCUT2D eigenvalue weighted by Gasteiger charge is -2.30. The van der Waals surface area contributed by atoms with Gasteiger partial charge in [0.1, 0.15) is 0 Å². The van der Waals surface area contributed by atoms with E-state index in [1.165, 1.54) is 0 Å². The number of hydrogen-bond donors (Lipinski definition) is 2. The normalized spacial score (nSPS) is 15.6. The molecule has 0 atom stereocenters. The largest absolute Gasteiger partial charge is 0.339 e. The number of rotatable bonds is 4. The summed E-state index contributed by atoms with van der Waals surface area (Å²) in [5, 5.41) is 0. The fourth-order valence-electron chi connectivity index (χ4n) is 3.06. The molecule has 3 N–H and O–H groups in total. The van der Waals surface area contributed by atoms with E-state index in [2.05, 4.69) is 4.72 Å². The van der Waals surface area contributed by atoms with Crippen LogP contribution in [-0.2, 0) is 10.0 Å². The molecule has 2 aromatic rings. The molecule has 27 heavy (non-hydrogen) atoms. The highest BCUT2D eigenvalue weighted by molar-refractivity contribution is 7.92. The van der Waals surface area contributed by atoms with E-state index in [0.717, 1.165) is 24.0 Å². The van der Waals surface area contributed by atoms with Crippen LogP contribution in [-0.4, -0.2) is 38.4 Å². The number of hydrogen-bond acceptors (Lipinski definition) is 4. The summed E-state index contributed by atoms with van der Waals surface area (Å²) in [6.07, 6.45) is 1.61. The van der Waals surface area contributed by atoms with Crippen molar-refractivity contribution >= 4 is 21.6 Å². The third-order valence-electron chi connectivity index (χ3n) is 5.00. The van der Waals surface area contributed by atoms with Crippen LogP contribution in [0.4, 0.5) is 5.69 Å². The van der Waals surface area contributed by atoms with Crippen LogP contribution >= 0.6 is 0 Å². The Kier molecular flexibility index (Phi) is 5.53. The highest BCUT2D eigenvalue weighted by Gasteiger charge is 2.22. The van der Waals surface area contributed by atoms with Crippen LogP contribution in [0.1, 0.15) is 34.3 Å². The van der Waals surface area contributed by atoms with Crippen molar-refractivity contribution in [3.05, 3.63) is 59.2 Å². The van der Waals surface area contributed by atoms with Crippen molar-refractivity contribution in [2.24, 2.45) is 5.73 Å². The van der Waals surface area contributed by atoms with E-state index >= 15 is 0 Å². The Morgan fingerprint density at radius 2 is 1.67 bits per heavy atom. The van der Waals surface area contributed by atoms with Crippen LogP contribution in [0.15, 0.2) is 47.4 Å². The van der Waals surface area contributed by atoms with Gasteiger partial charge in [0.15, 0.2) is 0 Å². The van der Waals surface area contributed by atoms with E-state index in [1.54, 1.807) is 47.4 Å². The zero-order valence-corrected chi connectivity index (χ0v) is 16.4. The summed E-state index contributed by atoms with van der Waals surface area (Å²) >= 11 is 0. The third-order valence-corrected chi connectivity index (χ3v) is 6.38. The molecular weight excluding hydrogens is 362 g/mol. The predicted molar refractivity (Wildman–Crippen MR) is 106 cm³/mol. The molecule has 0 saturated carbocycles. The molecule has 6 nitrogen and oxygen atoms in total. The van der Waals surface area contributed by atoms with Gasteiger partial charge >= 0.3 is 0 Å². The maximum absolute atomic E-state index is 12.6. The number of nitrogens with one attached hydrogen (secondary N) is 1. The number of carbonyl (C=O) groups excluding carboxylic acids is 1. The van der Waals surface area contributed by atoms with Gasteiger partial charge in [0.25, 0.3) is 15.9 Å². The van der Waals surface area contributed by atoms with E-state index in [-0.39, 0.29) is 16.8 Å². The van der Waals surface area contributed by atoms with Gasteiger partial charge in [-0.15, -0.1) is 0 Å². The molecule has 1 saturated heterocycles. The summed E-state index contributed by atoms with van der Waals surface area (Å²) in [5.74, 6) is -0.0505. The number of nitrogens with zero attached hydrogens (tertiary/aromatic N) is 1. The number of anilines is 1. The number of aryl methyl sites for hydroxylation is 2. The number of sulfonamides is 1.